The molecule has 0 N–H and O–H groups in total. The first-order chi connectivity index (χ1) is 9.02. The number of nitrogens with zero attached hydrogens (tertiary/aromatic N) is 1. The Labute approximate surface area is 115 Å². The SMILES string of the molecule is C#CCN(CC=C=CC)S(=O)(=O)c1ccc(C)cc1. The molecule has 0 saturated heterocycles. The van der Waals surface area contributed by atoms with E-state index in [9.17, 15) is 8.42 Å². The van der Waals surface area contributed by atoms with Crippen LogP contribution in [0.5, 0.6) is 0 Å². The van der Waals surface area contributed by atoms with E-state index in [1.54, 1.807) is 36.4 Å². The van der Waals surface area contributed by atoms with Crippen LogP contribution in [0.25, 0.3) is 0 Å². The highest BCUT2D eigenvalue weighted by Gasteiger charge is 2.22. The number of terminal acetylenes is 1. The smallest absolute Gasteiger partial charge is 0.207 e. The Morgan fingerprint density at radius 3 is 2.47 bits per heavy atom. The van der Waals surface area contributed by atoms with Crippen molar-refractivity contribution in [1.82, 2.24) is 4.31 Å². The summed E-state index contributed by atoms with van der Waals surface area (Å²) in [6.07, 6.45) is 8.59. The van der Waals surface area contributed by atoms with E-state index in [0.717, 1.165) is 5.56 Å². The van der Waals surface area contributed by atoms with E-state index in [2.05, 4.69) is 11.7 Å². The van der Waals surface area contributed by atoms with E-state index in [1.165, 1.54) is 4.31 Å². The van der Waals surface area contributed by atoms with Gasteiger partial charge in [0, 0.05) is 6.54 Å². The fourth-order valence-corrected chi connectivity index (χ4v) is 2.77. The van der Waals surface area contributed by atoms with E-state index >= 15 is 0 Å². The molecule has 1 aromatic carbocycles. The van der Waals surface area contributed by atoms with Crippen molar-refractivity contribution >= 4 is 10.0 Å². The molecule has 0 atom stereocenters. The van der Waals surface area contributed by atoms with Crippen molar-refractivity contribution in [2.24, 2.45) is 0 Å². The van der Waals surface area contributed by atoms with Crippen LogP contribution in [0.2, 0.25) is 0 Å². The van der Waals surface area contributed by atoms with Crippen molar-refractivity contribution < 1.29 is 8.42 Å². The maximum absolute atomic E-state index is 12.4. The summed E-state index contributed by atoms with van der Waals surface area (Å²) >= 11 is 0. The van der Waals surface area contributed by atoms with Crippen molar-refractivity contribution in [3.8, 4) is 12.3 Å². The number of benzene rings is 1. The van der Waals surface area contributed by atoms with Gasteiger partial charge in [0.1, 0.15) is 0 Å². The Balaban J connectivity index is 3.09. The minimum Gasteiger partial charge on any atom is -0.207 e. The second-order valence-electron chi connectivity index (χ2n) is 3.97. The molecule has 0 aliphatic rings. The summed E-state index contributed by atoms with van der Waals surface area (Å²) in [5.74, 6) is 2.37. The zero-order valence-electron chi connectivity index (χ0n) is 11.1. The molecule has 0 saturated carbocycles. The highest BCUT2D eigenvalue weighted by Crippen LogP contribution is 2.15. The van der Waals surface area contributed by atoms with Gasteiger partial charge in [-0.15, -0.1) is 12.2 Å². The molecule has 4 heteroatoms. The van der Waals surface area contributed by atoms with Crippen LogP contribution >= 0.6 is 0 Å². The lowest BCUT2D eigenvalue weighted by Crippen LogP contribution is -2.31. The van der Waals surface area contributed by atoms with Gasteiger partial charge in [-0.1, -0.05) is 23.6 Å². The lowest BCUT2D eigenvalue weighted by molar-refractivity contribution is 0.478. The number of aryl methyl sites for hydroxylation is 1. The van der Waals surface area contributed by atoms with Crippen LogP contribution in [0.15, 0.2) is 47.0 Å². The monoisotopic (exact) mass is 275 g/mol. The van der Waals surface area contributed by atoms with Gasteiger partial charge in [0.2, 0.25) is 10.0 Å². The van der Waals surface area contributed by atoms with E-state index in [1.807, 2.05) is 13.8 Å². The van der Waals surface area contributed by atoms with Gasteiger partial charge in [0.15, 0.2) is 0 Å². The minimum absolute atomic E-state index is 0.0398. The third kappa shape index (κ3) is 4.11. The molecule has 0 aliphatic carbocycles. The summed E-state index contributed by atoms with van der Waals surface area (Å²) in [7, 11) is -3.55. The molecule has 0 bridgehead atoms. The van der Waals surface area contributed by atoms with E-state index < -0.39 is 10.0 Å². The van der Waals surface area contributed by atoms with E-state index in [-0.39, 0.29) is 18.0 Å². The largest absolute Gasteiger partial charge is 0.244 e. The zero-order chi connectivity index (χ0) is 14.3. The summed E-state index contributed by atoms with van der Waals surface area (Å²) in [6, 6.07) is 6.71. The Bertz CT molecular complexity index is 615. The summed E-state index contributed by atoms with van der Waals surface area (Å²) in [6.45, 7) is 3.98. The molecule has 0 aromatic heterocycles. The second-order valence-corrected chi connectivity index (χ2v) is 5.91. The fourth-order valence-electron chi connectivity index (χ4n) is 1.48. The van der Waals surface area contributed by atoms with Gasteiger partial charge in [-0.2, -0.15) is 4.31 Å². The average molecular weight is 275 g/mol. The van der Waals surface area contributed by atoms with Crippen LogP contribution in [0, 0.1) is 19.3 Å². The molecule has 0 spiro atoms. The Morgan fingerprint density at radius 1 is 1.32 bits per heavy atom. The van der Waals surface area contributed by atoms with E-state index in [0.29, 0.717) is 0 Å². The molecule has 1 aromatic rings. The van der Waals surface area contributed by atoms with Crippen LogP contribution in [-0.2, 0) is 10.0 Å². The summed E-state index contributed by atoms with van der Waals surface area (Å²) in [5, 5.41) is 0. The van der Waals surface area contributed by atoms with Crippen LogP contribution in [0.1, 0.15) is 12.5 Å². The molecule has 0 fully saturated rings. The Hall–Kier alpha value is -1.79. The van der Waals surface area contributed by atoms with Crippen LogP contribution < -0.4 is 0 Å². The highest BCUT2D eigenvalue weighted by molar-refractivity contribution is 7.89. The van der Waals surface area contributed by atoms with Gasteiger partial charge in [0.05, 0.1) is 11.4 Å². The lowest BCUT2D eigenvalue weighted by Gasteiger charge is -2.17. The number of hydrogen-bond donors (Lipinski definition) is 0. The minimum atomic E-state index is -3.55. The fraction of sp³-hybridized carbons (Fsp3) is 0.267. The first-order valence-electron chi connectivity index (χ1n) is 5.88. The molecule has 19 heavy (non-hydrogen) atoms. The van der Waals surface area contributed by atoms with Crippen LogP contribution in [0.3, 0.4) is 0 Å². The Kier molecular flexibility index (Phi) is 5.59. The highest BCUT2D eigenvalue weighted by atomic mass is 32.2. The standard InChI is InChI=1S/C15H17NO2S/c1-4-6-7-13-16(12-5-2)19(17,18)15-10-8-14(3)9-11-15/h2,4,7-11H,12-13H2,1,3H3. The maximum Gasteiger partial charge on any atom is 0.244 e. The van der Waals surface area contributed by atoms with Crippen molar-refractivity contribution in [3.05, 3.63) is 47.7 Å². The molecule has 0 unspecified atom stereocenters. The maximum atomic E-state index is 12.4. The van der Waals surface area contributed by atoms with Crippen molar-refractivity contribution in [2.75, 3.05) is 13.1 Å². The third-order valence-corrected chi connectivity index (χ3v) is 4.33. The van der Waals surface area contributed by atoms with Gasteiger partial charge in [0.25, 0.3) is 0 Å². The molecule has 0 aliphatic heterocycles. The van der Waals surface area contributed by atoms with Crippen molar-refractivity contribution in [1.29, 1.82) is 0 Å². The first-order valence-corrected chi connectivity index (χ1v) is 7.32. The number of hydrogen-bond acceptors (Lipinski definition) is 2. The predicted molar refractivity (Wildman–Crippen MR) is 77.1 cm³/mol. The number of rotatable bonds is 5. The first kappa shape index (κ1) is 15.3. The lowest BCUT2D eigenvalue weighted by atomic mass is 10.2. The zero-order valence-corrected chi connectivity index (χ0v) is 11.9. The quantitative estimate of drug-likeness (QED) is 0.611. The average Bonchev–Trinajstić information content (AvgIpc) is 2.38. The van der Waals surface area contributed by atoms with Crippen LogP contribution in [-0.4, -0.2) is 25.8 Å². The molecular weight excluding hydrogens is 258 g/mol. The van der Waals surface area contributed by atoms with Gasteiger partial charge >= 0.3 is 0 Å². The molecular formula is C15H17NO2S. The summed E-state index contributed by atoms with van der Waals surface area (Å²) in [4.78, 5) is 0.252. The molecule has 3 nitrogen and oxygen atoms in total. The number of sulfonamides is 1. The topological polar surface area (TPSA) is 37.4 Å². The van der Waals surface area contributed by atoms with Gasteiger partial charge in [-0.3, -0.25) is 0 Å². The van der Waals surface area contributed by atoms with Crippen LogP contribution in [0.4, 0.5) is 0 Å². The summed E-state index contributed by atoms with van der Waals surface area (Å²) < 4.78 is 26.0. The van der Waals surface area contributed by atoms with Crippen molar-refractivity contribution in [2.45, 2.75) is 18.7 Å². The molecule has 1 rings (SSSR count). The van der Waals surface area contributed by atoms with Crippen molar-refractivity contribution in [3.63, 3.8) is 0 Å². The normalized spacial score (nSPS) is 10.6. The van der Waals surface area contributed by atoms with Gasteiger partial charge in [-0.05, 0) is 38.1 Å². The van der Waals surface area contributed by atoms with Gasteiger partial charge < -0.3 is 0 Å². The Morgan fingerprint density at radius 2 is 1.95 bits per heavy atom. The molecule has 100 valence electrons. The second kappa shape index (κ2) is 6.96. The predicted octanol–water partition coefficient (Wildman–Crippen LogP) is 2.35. The summed E-state index contributed by atoms with van der Waals surface area (Å²) in [5.41, 5.74) is 3.86. The molecule has 0 amide bonds. The van der Waals surface area contributed by atoms with E-state index in [4.69, 9.17) is 6.42 Å². The van der Waals surface area contributed by atoms with Gasteiger partial charge in [-0.25, -0.2) is 8.42 Å². The third-order valence-electron chi connectivity index (χ3n) is 2.51. The molecule has 0 radical (unpaired) electrons. The molecule has 0 heterocycles.